The molecular formula is C12H15N5O4. The van der Waals surface area contributed by atoms with Crippen molar-refractivity contribution in [1.82, 2.24) is 19.6 Å². The molecule has 0 aliphatic heterocycles. The summed E-state index contributed by atoms with van der Waals surface area (Å²) < 4.78 is 7.90. The van der Waals surface area contributed by atoms with Gasteiger partial charge in [-0.05, 0) is 6.92 Å². The van der Waals surface area contributed by atoms with Gasteiger partial charge in [-0.25, -0.2) is 9.48 Å². The van der Waals surface area contributed by atoms with E-state index in [9.17, 15) is 9.59 Å². The van der Waals surface area contributed by atoms with Crippen molar-refractivity contribution in [3.05, 3.63) is 29.8 Å². The molecular weight excluding hydrogens is 278 g/mol. The van der Waals surface area contributed by atoms with Crippen molar-refractivity contribution >= 4 is 17.6 Å². The van der Waals surface area contributed by atoms with E-state index >= 15 is 0 Å². The molecule has 2 heterocycles. The van der Waals surface area contributed by atoms with Crippen molar-refractivity contribution in [1.29, 1.82) is 0 Å². The van der Waals surface area contributed by atoms with Crippen LogP contribution in [0.4, 0.5) is 5.69 Å². The first-order chi connectivity index (χ1) is 10.0. The Labute approximate surface area is 120 Å². The Bertz CT molecular complexity index is 660. The Morgan fingerprint density at radius 1 is 1.38 bits per heavy atom. The molecule has 1 amide bonds. The molecule has 112 valence electrons. The second kappa shape index (κ2) is 6.18. The van der Waals surface area contributed by atoms with Crippen LogP contribution in [0.15, 0.2) is 18.6 Å². The summed E-state index contributed by atoms with van der Waals surface area (Å²) in [5.41, 5.74) is 0.258. The number of aromatic carboxylic acids is 1. The van der Waals surface area contributed by atoms with Crippen LogP contribution < -0.4 is 5.32 Å². The van der Waals surface area contributed by atoms with Gasteiger partial charge in [0.15, 0.2) is 0 Å². The van der Waals surface area contributed by atoms with E-state index in [0.29, 0.717) is 12.3 Å². The lowest BCUT2D eigenvalue weighted by atomic mass is 10.2. The molecule has 9 heteroatoms. The highest BCUT2D eigenvalue weighted by atomic mass is 16.5. The summed E-state index contributed by atoms with van der Waals surface area (Å²) in [5.74, 6) is -1.77. The Hall–Kier alpha value is -2.68. The van der Waals surface area contributed by atoms with Gasteiger partial charge in [-0.15, -0.1) is 0 Å². The highest BCUT2D eigenvalue weighted by Gasteiger charge is 2.21. The van der Waals surface area contributed by atoms with Crippen LogP contribution in [0, 0.1) is 0 Å². The first-order valence-corrected chi connectivity index (χ1v) is 6.19. The summed E-state index contributed by atoms with van der Waals surface area (Å²) in [6.07, 6.45) is 4.17. The monoisotopic (exact) mass is 293 g/mol. The molecule has 0 saturated carbocycles. The number of ether oxygens (including phenoxy) is 1. The van der Waals surface area contributed by atoms with Gasteiger partial charge in [-0.1, -0.05) is 0 Å². The number of carbonyl (C=O) groups excluding carboxylic acids is 1. The van der Waals surface area contributed by atoms with Crippen molar-refractivity contribution < 1.29 is 19.4 Å². The summed E-state index contributed by atoms with van der Waals surface area (Å²) >= 11 is 0. The minimum Gasteiger partial charge on any atom is -0.478 e. The standard InChI is InChI=1S/C12H15N5O4/c1-3-21-7-17-6-8(4-14-17)15-11(18)10-9(12(19)20)5-13-16(10)2/h4-6H,3,7H2,1-2H3,(H,15,18)(H,19,20). The van der Waals surface area contributed by atoms with E-state index in [1.54, 1.807) is 6.20 Å². The average Bonchev–Trinajstić information content (AvgIpc) is 3.03. The molecule has 0 fully saturated rings. The van der Waals surface area contributed by atoms with Crippen LogP contribution in [-0.4, -0.2) is 43.2 Å². The molecule has 9 nitrogen and oxygen atoms in total. The molecule has 2 aromatic heterocycles. The first-order valence-electron chi connectivity index (χ1n) is 6.19. The molecule has 0 aromatic carbocycles. The Morgan fingerprint density at radius 2 is 2.14 bits per heavy atom. The van der Waals surface area contributed by atoms with Crippen LogP contribution in [0.5, 0.6) is 0 Å². The zero-order chi connectivity index (χ0) is 15.4. The van der Waals surface area contributed by atoms with Crippen LogP contribution in [-0.2, 0) is 18.5 Å². The number of carboxylic acid groups (broad SMARTS) is 1. The quantitative estimate of drug-likeness (QED) is 0.805. The van der Waals surface area contributed by atoms with Crippen molar-refractivity contribution in [2.45, 2.75) is 13.7 Å². The summed E-state index contributed by atoms with van der Waals surface area (Å²) in [4.78, 5) is 23.2. The summed E-state index contributed by atoms with van der Waals surface area (Å²) in [7, 11) is 1.50. The third-order valence-corrected chi connectivity index (χ3v) is 2.70. The van der Waals surface area contributed by atoms with Gasteiger partial charge in [-0.2, -0.15) is 10.2 Å². The van der Waals surface area contributed by atoms with Gasteiger partial charge < -0.3 is 15.2 Å². The molecule has 0 radical (unpaired) electrons. The Morgan fingerprint density at radius 3 is 2.81 bits per heavy atom. The van der Waals surface area contributed by atoms with Gasteiger partial charge in [0.25, 0.3) is 5.91 Å². The number of aryl methyl sites for hydroxylation is 1. The smallest absolute Gasteiger partial charge is 0.339 e. The zero-order valence-corrected chi connectivity index (χ0v) is 11.6. The summed E-state index contributed by atoms with van der Waals surface area (Å²) in [5, 5.41) is 19.4. The number of nitrogens with zero attached hydrogens (tertiary/aromatic N) is 4. The predicted molar refractivity (Wildman–Crippen MR) is 72.0 cm³/mol. The van der Waals surface area contributed by atoms with Crippen LogP contribution in [0.25, 0.3) is 0 Å². The van der Waals surface area contributed by atoms with Gasteiger partial charge in [0.05, 0.1) is 24.3 Å². The molecule has 0 aliphatic rings. The molecule has 2 N–H and O–H groups in total. The van der Waals surface area contributed by atoms with Crippen LogP contribution in [0.2, 0.25) is 0 Å². The van der Waals surface area contributed by atoms with Gasteiger partial charge >= 0.3 is 5.97 Å². The van der Waals surface area contributed by atoms with E-state index in [1.165, 1.54) is 22.6 Å². The van der Waals surface area contributed by atoms with E-state index in [-0.39, 0.29) is 18.0 Å². The van der Waals surface area contributed by atoms with Crippen LogP contribution in [0.3, 0.4) is 0 Å². The maximum absolute atomic E-state index is 12.1. The minimum atomic E-state index is -1.21. The largest absolute Gasteiger partial charge is 0.478 e. The molecule has 0 spiro atoms. The SMILES string of the molecule is CCOCn1cc(NC(=O)c2c(C(=O)O)cnn2C)cn1. The van der Waals surface area contributed by atoms with Gasteiger partial charge in [0.2, 0.25) is 0 Å². The van der Waals surface area contributed by atoms with E-state index in [2.05, 4.69) is 15.5 Å². The number of hydrogen-bond acceptors (Lipinski definition) is 5. The van der Waals surface area contributed by atoms with E-state index in [0.717, 1.165) is 6.20 Å². The van der Waals surface area contributed by atoms with E-state index in [4.69, 9.17) is 9.84 Å². The van der Waals surface area contributed by atoms with Crippen LogP contribution in [0.1, 0.15) is 27.8 Å². The van der Waals surface area contributed by atoms with Crippen molar-refractivity contribution in [3.8, 4) is 0 Å². The molecule has 0 aliphatic carbocycles. The number of rotatable bonds is 6. The lowest BCUT2D eigenvalue weighted by molar-refractivity contribution is 0.0692. The molecule has 0 bridgehead atoms. The molecule has 21 heavy (non-hydrogen) atoms. The summed E-state index contributed by atoms with van der Waals surface area (Å²) in [6, 6.07) is 0. The van der Waals surface area contributed by atoms with Crippen molar-refractivity contribution in [3.63, 3.8) is 0 Å². The fourth-order valence-electron chi connectivity index (χ4n) is 1.74. The highest BCUT2D eigenvalue weighted by molar-refractivity contribution is 6.09. The third-order valence-electron chi connectivity index (χ3n) is 2.70. The van der Waals surface area contributed by atoms with Crippen LogP contribution >= 0.6 is 0 Å². The highest BCUT2D eigenvalue weighted by Crippen LogP contribution is 2.12. The molecule has 0 saturated heterocycles. The maximum atomic E-state index is 12.1. The molecule has 0 atom stereocenters. The topological polar surface area (TPSA) is 111 Å². The van der Waals surface area contributed by atoms with E-state index < -0.39 is 11.9 Å². The third kappa shape index (κ3) is 3.26. The summed E-state index contributed by atoms with van der Waals surface area (Å²) in [6.45, 7) is 2.69. The average molecular weight is 293 g/mol. The number of carboxylic acids is 1. The predicted octanol–water partition coefficient (Wildman–Crippen LogP) is 0.561. The first kappa shape index (κ1) is 14.7. The minimum absolute atomic E-state index is 0.0277. The molecule has 2 aromatic rings. The second-order valence-corrected chi connectivity index (χ2v) is 4.18. The van der Waals surface area contributed by atoms with Gasteiger partial charge in [-0.3, -0.25) is 9.48 Å². The normalized spacial score (nSPS) is 10.6. The second-order valence-electron chi connectivity index (χ2n) is 4.18. The maximum Gasteiger partial charge on any atom is 0.339 e. The van der Waals surface area contributed by atoms with Gasteiger partial charge in [0, 0.05) is 13.7 Å². The fraction of sp³-hybridized carbons (Fsp3) is 0.333. The molecule has 0 unspecified atom stereocenters. The zero-order valence-electron chi connectivity index (χ0n) is 11.6. The van der Waals surface area contributed by atoms with E-state index in [1.807, 2.05) is 6.92 Å². The number of anilines is 1. The number of aromatic nitrogens is 4. The van der Waals surface area contributed by atoms with Gasteiger partial charge in [0.1, 0.15) is 18.0 Å². The Balaban J connectivity index is 2.13. The lowest BCUT2D eigenvalue weighted by Gasteiger charge is -2.04. The van der Waals surface area contributed by atoms with Crippen molar-refractivity contribution in [2.75, 3.05) is 11.9 Å². The lowest BCUT2D eigenvalue weighted by Crippen LogP contribution is -2.19. The Kier molecular flexibility index (Phi) is 4.33. The molecule has 2 rings (SSSR count). The number of carbonyl (C=O) groups is 2. The number of amides is 1. The number of hydrogen-bond donors (Lipinski definition) is 2. The number of nitrogens with one attached hydrogen (secondary N) is 1. The fourth-order valence-corrected chi connectivity index (χ4v) is 1.74. The van der Waals surface area contributed by atoms with Crippen molar-refractivity contribution in [2.24, 2.45) is 7.05 Å².